The molecule has 3 rings (SSSR count). The smallest absolute Gasteiger partial charge is 0.223 e. The third-order valence-electron chi connectivity index (χ3n) is 3.74. The van der Waals surface area contributed by atoms with Gasteiger partial charge in [0.15, 0.2) is 0 Å². The Bertz CT molecular complexity index is 558. The number of rotatable bonds is 2. The minimum Gasteiger partial charge on any atom is -0.350 e. The molecule has 0 radical (unpaired) electrons. The summed E-state index contributed by atoms with van der Waals surface area (Å²) in [5.74, 6) is 0.691. The largest absolute Gasteiger partial charge is 0.350 e. The Morgan fingerprint density at radius 1 is 1.11 bits per heavy atom. The zero-order chi connectivity index (χ0) is 13.1. The van der Waals surface area contributed by atoms with Crippen LogP contribution in [0.25, 0.3) is 10.9 Å². The van der Waals surface area contributed by atoms with Crippen molar-refractivity contribution in [1.29, 1.82) is 0 Å². The first kappa shape index (κ1) is 12.7. The van der Waals surface area contributed by atoms with Gasteiger partial charge in [0.2, 0.25) is 5.95 Å². The van der Waals surface area contributed by atoms with Gasteiger partial charge in [0.05, 0.1) is 10.9 Å². The van der Waals surface area contributed by atoms with Gasteiger partial charge in [-0.1, -0.05) is 37.5 Å². The van der Waals surface area contributed by atoms with Gasteiger partial charge in [-0.3, -0.25) is 0 Å². The van der Waals surface area contributed by atoms with E-state index in [9.17, 15) is 0 Å². The molecule has 1 aromatic heterocycles. The van der Waals surface area contributed by atoms with Crippen molar-refractivity contribution in [3.8, 4) is 0 Å². The van der Waals surface area contributed by atoms with Crippen molar-refractivity contribution in [3.05, 3.63) is 30.5 Å². The van der Waals surface area contributed by atoms with Crippen LogP contribution in [0.2, 0.25) is 0 Å². The lowest BCUT2D eigenvalue weighted by Gasteiger charge is -2.21. The fraction of sp³-hybridized carbons (Fsp3) is 0.467. The molecule has 0 saturated heterocycles. The Kier molecular flexibility index (Phi) is 3.83. The highest BCUT2D eigenvalue weighted by Crippen LogP contribution is 2.24. The van der Waals surface area contributed by atoms with Crippen molar-refractivity contribution in [2.75, 3.05) is 5.32 Å². The second-order valence-corrected chi connectivity index (χ2v) is 5.72. The highest BCUT2D eigenvalue weighted by atomic mass is 35.5. The van der Waals surface area contributed by atoms with Gasteiger partial charge in [-0.2, -0.15) is 0 Å². The van der Waals surface area contributed by atoms with E-state index in [1.807, 2.05) is 30.5 Å². The maximum Gasteiger partial charge on any atom is 0.223 e. The summed E-state index contributed by atoms with van der Waals surface area (Å²) in [6.07, 6.45) is 7.78. The lowest BCUT2D eigenvalue weighted by Crippen LogP contribution is -2.29. The van der Waals surface area contributed by atoms with Gasteiger partial charge in [0, 0.05) is 17.6 Å². The summed E-state index contributed by atoms with van der Waals surface area (Å²) >= 11 is 6.44. The van der Waals surface area contributed by atoms with E-state index in [0.29, 0.717) is 5.95 Å². The monoisotopic (exact) mass is 275 g/mol. The van der Waals surface area contributed by atoms with Crippen LogP contribution in [-0.4, -0.2) is 21.4 Å². The van der Waals surface area contributed by atoms with Gasteiger partial charge in [-0.05, 0) is 18.9 Å². The van der Waals surface area contributed by atoms with Crippen molar-refractivity contribution >= 4 is 28.5 Å². The summed E-state index contributed by atoms with van der Waals surface area (Å²) in [5.41, 5.74) is 0.972. The number of anilines is 1. The number of benzene rings is 1. The van der Waals surface area contributed by atoms with Crippen molar-refractivity contribution in [1.82, 2.24) is 9.97 Å². The molecule has 1 N–H and O–H groups in total. The van der Waals surface area contributed by atoms with E-state index < -0.39 is 0 Å². The van der Waals surface area contributed by atoms with Crippen LogP contribution in [0.15, 0.2) is 30.5 Å². The number of para-hydroxylation sites is 1. The van der Waals surface area contributed by atoms with Crippen LogP contribution >= 0.6 is 11.6 Å². The molecule has 1 heterocycles. The topological polar surface area (TPSA) is 37.8 Å². The van der Waals surface area contributed by atoms with Gasteiger partial charge in [0.1, 0.15) is 0 Å². The molecule has 1 aliphatic rings. The molecular weight excluding hydrogens is 258 g/mol. The summed E-state index contributed by atoms with van der Waals surface area (Å²) in [4.78, 5) is 8.94. The molecule has 19 heavy (non-hydrogen) atoms. The predicted octanol–water partition coefficient (Wildman–Crippen LogP) is 3.98. The quantitative estimate of drug-likeness (QED) is 0.665. The van der Waals surface area contributed by atoms with Crippen molar-refractivity contribution in [2.24, 2.45) is 0 Å². The number of alkyl halides is 1. The Morgan fingerprint density at radius 3 is 2.89 bits per heavy atom. The molecule has 0 amide bonds. The molecule has 4 heteroatoms. The normalized spacial score (nSPS) is 24.1. The standard InChI is InChI=1S/C15H18ClN3/c16-12-7-2-1-3-9-14(12)19-15-17-10-11-6-4-5-8-13(11)18-15/h4-6,8,10,12,14H,1-3,7,9H2,(H,17,18,19). The first-order valence-corrected chi connectivity index (χ1v) is 7.39. The molecule has 2 atom stereocenters. The zero-order valence-electron chi connectivity index (χ0n) is 10.8. The van der Waals surface area contributed by atoms with E-state index in [2.05, 4.69) is 15.3 Å². The van der Waals surface area contributed by atoms with Crippen LogP contribution in [-0.2, 0) is 0 Å². The number of aromatic nitrogens is 2. The van der Waals surface area contributed by atoms with Crippen LogP contribution < -0.4 is 5.32 Å². The van der Waals surface area contributed by atoms with Gasteiger partial charge in [0.25, 0.3) is 0 Å². The summed E-state index contributed by atoms with van der Waals surface area (Å²) in [7, 11) is 0. The van der Waals surface area contributed by atoms with E-state index in [-0.39, 0.29) is 11.4 Å². The lowest BCUT2D eigenvalue weighted by molar-refractivity contribution is 0.622. The van der Waals surface area contributed by atoms with Crippen molar-refractivity contribution in [2.45, 2.75) is 43.5 Å². The van der Waals surface area contributed by atoms with Crippen LogP contribution in [0.3, 0.4) is 0 Å². The van der Waals surface area contributed by atoms with Crippen LogP contribution in [0.4, 0.5) is 5.95 Å². The lowest BCUT2D eigenvalue weighted by atomic mass is 10.1. The summed E-state index contributed by atoms with van der Waals surface area (Å²) in [6.45, 7) is 0. The average Bonchev–Trinajstić information content (AvgIpc) is 2.64. The highest BCUT2D eigenvalue weighted by Gasteiger charge is 2.22. The van der Waals surface area contributed by atoms with E-state index in [0.717, 1.165) is 23.7 Å². The number of fused-ring (bicyclic) bond motifs is 1. The third-order valence-corrected chi connectivity index (χ3v) is 4.26. The SMILES string of the molecule is ClC1CCCCCC1Nc1ncc2ccccc2n1. The van der Waals surface area contributed by atoms with Crippen molar-refractivity contribution in [3.63, 3.8) is 0 Å². The molecule has 0 spiro atoms. The first-order chi connectivity index (χ1) is 9.33. The Labute approximate surface area is 118 Å². The zero-order valence-corrected chi connectivity index (χ0v) is 11.6. The molecule has 0 aliphatic heterocycles. The van der Waals surface area contributed by atoms with Crippen molar-refractivity contribution < 1.29 is 0 Å². The summed E-state index contributed by atoms with van der Waals surface area (Å²) < 4.78 is 0. The maximum atomic E-state index is 6.44. The molecule has 0 bridgehead atoms. The minimum absolute atomic E-state index is 0.178. The molecule has 2 unspecified atom stereocenters. The van der Waals surface area contributed by atoms with Crippen LogP contribution in [0, 0.1) is 0 Å². The number of hydrogen-bond acceptors (Lipinski definition) is 3. The second kappa shape index (κ2) is 5.74. The average molecular weight is 276 g/mol. The fourth-order valence-corrected chi connectivity index (χ4v) is 2.98. The molecule has 3 nitrogen and oxygen atoms in total. The van der Waals surface area contributed by atoms with Gasteiger partial charge >= 0.3 is 0 Å². The van der Waals surface area contributed by atoms with E-state index in [1.165, 1.54) is 19.3 Å². The van der Waals surface area contributed by atoms with E-state index in [4.69, 9.17) is 11.6 Å². The molecule has 1 fully saturated rings. The number of nitrogens with zero attached hydrogens (tertiary/aromatic N) is 2. The Balaban J connectivity index is 1.80. The predicted molar refractivity (Wildman–Crippen MR) is 79.7 cm³/mol. The number of hydrogen-bond donors (Lipinski definition) is 1. The molecule has 1 aromatic carbocycles. The fourth-order valence-electron chi connectivity index (χ4n) is 2.63. The van der Waals surface area contributed by atoms with Gasteiger partial charge < -0.3 is 5.32 Å². The minimum atomic E-state index is 0.178. The Hall–Kier alpha value is -1.35. The molecular formula is C15H18ClN3. The first-order valence-electron chi connectivity index (χ1n) is 6.95. The molecule has 1 aliphatic carbocycles. The van der Waals surface area contributed by atoms with Crippen LogP contribution in [0.5, 0.6) is 0 Å². The third kappa shape index (κ3) is 2.98. The number of halogens is 1. The van der Waals surface area contributed by atoms with E-state index >= 15 is 0 Å². The maximum absolute atomic E-state index is 6.44. The van der Waals surface area contributed by atoms with Gasteiger partial charge in [-0.25, -0.2) is 9.97 Å². The van der Waals surface area contributed by atoms with Gasteiger partial charge in [-0.15, -0.1) is 11.6 Å². The van der Waals surface area contributed by atoms with E-state index in [1.54, 1.807) is 0 Å². The molecule has 2 aromatic rings. The summed E-state index contributed by atoms with van der Waals surface area (Å²) in [6, 6.07) is 8.31. The second-order valence-electron chi connectivity index (χ2n) is 5.16. The summed E-state index contributed by atoms with van der Waals surface area (Å²) in [5, 5.41) is 4.65. The number of nitrogens with one attached hydrogen (secondary N) is 1. The highest BCUT2D eigenvalue weighted by molar-refractivity contribution is 6.21. The molecule has 100 valence electrons. The molecule has 1 saturated carbocycles. The van der Waals surface area contributed by atoms with Crippen LogP contribution in [0.1, 0.15) is 32.1 Å². The Morgan fingerprint density at radius 2 is 1.95 bits per heavy atom.